The van der Waals surface area contributed by atoms with E-state index in [0.717, 1.165) is 0 Å². The van der Waals surface area contributed by atoms with E-state index in [1.807, 2.05) is 0 Å². The predicted octanol–water partition coefficient (Wildman–Crippen LogP) is 4.30. The first-order valence-electron chi connectivity index (χ1n) is 11.1. The molecule has 1 aromatic heterocycles. The molecule has 2 heterocycles. The van der Waals surface area contributed by atoms with E-state index in [1.165, 1.54) is 11.8 Å². The Morgan fingerprint density at radius 1 is 0.946 bits per heavy atom. The van der Waals surface area contributed by atoms with Gasteiger partial charge in [0.2, 0.25) is 6.79 Å². The van der Waals surface area contributed by atoms with Crippen LogP contribution in [0, 0.1) is 6.92 Å². The number of methoxy groups -OCH3 is 1. The molecule has 3 N–H and O–H groups in total. The van der Waals surface area contributed by atoms with Crippen LogP contribution in [-0.2, 0) is 9.59 Å². The molecule has 188 valence electrons. The van der Waals surface area contributed by atoms with Crippen molar-refractivity contribution >= 4 is 51.6 Å². The average molecular weight is 521 g/mol. The number of benzene rings is 3. The van der Waals surface area contributed by atoms with Crippen LogP contribution in [0.15, 0.2) is 60.7 Å². The highest BCUT2D eigenvalue weighted by atomic mass is 35.5. The zero-order valence-electron chi connectivity index (χ0n) is 19.8. The summed E-state index contributed by atoms with van der Waals surface area (Å²) in [5.41, 5.74) is 4.53. The fraction of sp³-hybridized carbons (Fsp3) is 0.115. The minimum absolute atomic E-state index is 0.0723. The van der Waals surface area contributed by atoms with Gasteiger partial charge in [-0.25, -0.2) is 4.68 Å². The van der Waals surface area contributed by atoms with Gasteiger partial charge in [-0.1, -0.05) is 29.8 Å². The Balaban J connectivity index is 1.45. The van der Waals surface area contributed by atoms with Crippen LogP contribution in [0.3, 0.4) is 0 Å². The summed E-state index contributed by atoms with van der Waals surface area (Å²) in [6, 6.07) is 16.7. The molecule has 1 aliphatic rings. The molecule has 0 atom stereocenters. The van der Waals surface area contributed by atoms with Crippen LogP contribution < -0.4 is 30.3 Å². The Hall–Kier alpha value is -4.70. The molecular weight excluding hydrogens is 500 g/mol. The summed E-state index contributed by atoms with van der Waals surface area (Å²) in [6.45, 7) is 1.86. The zero-order valence-corrected chi connectivity index (χ0v) is 20.5. The van der Waals surface area contributed by atoms with Crippen molar-refractivity contribution in [3.8, 4) is 17.2 Å². The molecule has 37 heavy (non-hydrogen) atoms. The van der Waals surface area contributed by atoms with Gasteiger partial charge in [-0.2, -0.15) is 0 Å². The van der Waals surface area contributed by atoms with E-state index in [1.54, 1.807) is 67.6 Å². The smallest absolute Gasteiger partial charge is 0.328 e. The molecule has 5 rings (SSSR count). The van der Waals surface area contributed by atoms with E-state index in [-0.39, 0.29) is 12.5 Å². The quantitative estimate of drug-likeness (QED) is 0.337. The number of halogens is 1. The topological polar surface area (TPSA) is 120 Å². The molecule has 0 bridgehead atoms. The number of fused-ring (bicyclic) bond motifs is 2. The highest BCUT2D eigenvalue weighted by Crippen LogP contribution is 2.34. The number of amides is 3. The number of para-hydroxylation sites is 1. The number of hydrogen-bond donors (Lipinski definition) is 3. The molecule has 0 radical (unpaired) electrons. The molecule has 11 heteroatoms. The Labute approximate surface area is 216 Å². The van der Waals surface area contributed by atoms with Gasteiger partial charge in [-0.3, -0.25) is 19.8 Å². The molecule has 3 amide bonds. The van der Waals surface area contributed by atoms with Crippen molar-refractivity contribution in [1.82, 2.24) is 4.68 Å². The van der Waals surface area contributed by atoms with Gasteiger partial charge in [-0.15, -0.1) is 0 Å². The van der Waals surface area contributed by atoms with E-state index >= 15 is 0 Å². The maximum Gasteiger partial charge on any atom is 0.328 e. The first-order valence-corrected chi connectivity index (χ1v) is 11.5. The Kier molecular flexibility index (Phi) is 6.33. The third kappa shape index (κ3) is 4.62. The lowest BCUT2D eigenvalue weighted by molar-refractivity contribution is -0.133. The molecule has 4 aromatic rings. The van der Waals surface area contributed by atoms with Crippen molar-refractivity contribution in [3.05, 3.63) is 76.9 Å². The van der Waals surface area contributed by atoms with Crippen molar-refractivity contribution in [2.45, 2.75) is 6.92 Å². The standard InChI is InChI=1S/C26H21ClN4O6/c1-14-17(27)6-4-7-18(14)29-24(32)19-11-15-5-3-8-21(35-2)23(15)31(19)30-26(34)25(33)28-16-9-10-20-22(12-16)37-13-36-20/h3-12H,13H2,1-2H3,(H,28,33)(H,29,32)(H,30,34). The third-order valence-electron chi connectivity index (χ3n) is 5.81. The molecule has 3 aromatic carbocycles. The number of carbonyl (C=O) groups excluding carboxylic acids is 3. The second-order valence-electron chi connectivity index (χ2n) is 8.09. The molecule has 0 aliphatic carbocycles. The first kappa shape index (κ1) is 24.0. The summed E-state index contributed by atoms with van der Waals surface area (Å²) >= 11 is 6.19. The number of nitrogens with one attached hydrogen (secondary N) is 3. The average Bonchev–Trinajstić information content (AvgIpc) is 3.51. The van der Waals surface area contributed by atoms with Gasteiger partial charge in [0.1, 0.15) is 17.0 Å². The molecule has 0 fully saturated rings. The second kappa shape index (κ2) is 9.75. The monoisotopic (exact) mass is 520 g/mol. The van der Waals surface area contributed by atoms with Crippen molar-refractivity contribution in [2.24, 2.45) is 0 Å². The number of carbonyl (C=O) groups is 3. The first-order chi connectivity index (χ1) is 17.9. The van der Waals surface area contributed by atoms with Crippen molar-refractivity contribution in [2.75, 3.05) is 30.0 Å². The van der Waals surface area contributed by atoms with Gasteiger partial charge in [0.25, 0.3) is 5.91 Å². The minimum Gasteiger partial charge on any atom is -0.494 e. The molecular formula is C26H21ClN4O6. The highest BCUT2D eigenvalue weighted by Gasteiger charge is 2.24. The molecule has 0 saturated carbocycles. The van der Waals surface area contributed by atoms with E-state index in [4.69, 9.17) is 25.8 Å². The van der Waals surface area contributed by atoms with Crippen LogP contribution in [0.25, 0.3) is 10.9 Å². The van der Waals surface area contributed by atoms with Crippen LogP contribution in [-0.4, -0.2) is 36.3 Å². The SMILES string of the molecule is COc1cccc2cc(C(=O)Nc3cccc(Cl)c3C)n(NC(=O)C(=O)Nc3ccc4c(c3)OCO4)c12. The summed E-state index contributed by atoms with van der Waals surface area (Å²) in [5.74, 6) is -1.10. The number of anilines is 2. The largest absolute Gasteiger partial charge is 0.494 e. The number of hydrogen-bond acceptors (Lipinski definition) is 6. The lowest BCUT2D eigenvalue weighted by Crippen LogP contribution is -2.36. The van der Waals surface area contributed by atoms with Gasteiger partial charge in [-0.05, 0) is 48.9 Å². The number of aromatic nitrogens is 1. The number of nitrogens with zero attached hydrogens (tertiary/aromatic N) is 1. The maximum atomic E-state index is 13.3. The van der Waals surface area contributed by atoms with Crippen LogP contribution >= 0.6 is 11.6 Å². The zero-order chi connectivity index (χ0) is 26.1. The molecule has 10 nitrogen and oxygen atoms in total. The Bertz CT molecular complexity index is 1560. The van der Waals surface area contributed by atoms with Crippen LogP contribution in [0.2, 0.25) is 5.02 Å². The summed E-state index contributed by atoms with van der Waals surface area (Å²) in [6.07, 6.45) is 0. The lowest BCUT2D eigenvalue weighted by Gasteiger charge is -2.15. The normalized spacial score (nSPS) is 11.8. The van der Waals surface area contributed by atoms with Gasteiger partial charge in [0, 0.05) is 27.8 Å². The van der Waals surface area contributed by atoms with Crippen molar-refractivity contribution < 1.29 is 28.6 Å². The van der Waals surface area contributed by atoms with Crippen LogP contribution in [0.1, 0.15) is 16.1 Å². The minimum atomic E-state index is -1.01. The summed E-state index contributed by atoms with van der Waals surface area (Å²) < 4.78 is 17.2. The van der Waals surface area contributed by atoms with Gasteiger partial charge >= 0.3 is 11.8 Å². The van der Waals surface area contributed by atoms with E-state index in [0.29, 0.717) is 50.1 Å². The Morgan fingerprint density at radius 2 is 1.73 bits per heavy atom. The van der Waals surface area contributed by atoms with Crippen LogP contribution in [0.5, 0.6) is 17.2 Å². The summed E-state index contributed by atoms with van der Waals surface area (Å²) in [5, 5.41) is 6.43. The maximum absolute atomic E-state index is 13.3. The van der Waals surface area contributed by atoms with E-state index in [9.17, 15) is 14.4 Å². The van der Waals surface area contributed by atoms with Crippen LogP contribution in [0.4, 0.5) is 11.4 Å². The highest BCUT2D eigenvalue weighted by molar-refractivity contribution is 6.42. The van der Waals surface area contributed by atoms with E-state index in [2.05, 4.69) is 16.1 Å². The lowest BCUT2D eigenvalue weighted by atomic mass is 10.2. The molecule has 0 spiro atoms. The van der Waals surface area contributed by atoms with Crippen molar-refractivity contribution in [1.29, 1.82) is 0 Å². The molecule has 0 saturated heterocycles. The fourth-order valence-electron chi connectivity index (χ4n) is 3.92. The predicted molar refractivity (Wildman–Crippen MR) is 138 cm³/mol. The Morgan fingerprint density at radius 3 is 2.54 bits per heavy atom. The number of rotatable bonds is 5. The number of ether oxygens (including phenoxy) is 3. The second-order valence-corrected chi connectivity index (χ2v) is 8.50. The van der Waals surface area contributed by atoms with E-state index < -0.39 is 17.7 Å². The van der Waals surface area contributed by atoms with Gasteiger partial charge in [0.05, 0.1) is 7.11 Å². The molecule has 1 aliphatic heterocycles. The summed E-state index contributed by atoms with van der Waals surface area (Å²) in [7, 11) is 1.47. The fourth-order valence-corrected chi connectivity index (χ4v) is 4.09. The van der Waals surface area contributed by atoms with Gasteiger partial charge < -0.3 is 24.8 Å². The summed E-state index contributed by atoms with van der Waals surface area (Å²) in [4.78, 5) is 39.0. The molecule has 0 unspecified atom stereocenters. The van der Waals surface area contributed by atoms with Crippen molar-refractivity contribution in [3.63, 3.8) is 0 Å². The van der Waals surface area contributed by atoms with Gasteiger partial charge in [0.15, 0.2) is 11.5 Å². The third-order valence-corrected chi connectivity index (χ3v) is 6.21.